The Hall–Kier alpha value is -1.84. The van der Waals surface area contributed by atoms with Gasteiger partial charge in [0, 0.05) is 0 Å². The fourth-order valence-electron chi connectivity index (χ4n) is 1.35. The highest BCUT2D eigenvalue weighted by molar-refractivity contribution is 7.14. The van der Waals surface area contributed by atoms with Crippen LogP contribution in [-0.2, 0) is 9.53 Å². The minimum absolute atomic E-state index is 0.276. The number of nitrogens with two attached hydrogens (primary N) is 1. The Balaban J connectivity index is 2.81. The number of nitrogens with one attached hydrogen (secondary N) is 1. The van der Waals surface area contributed by atoms with Gasteiger partial charge in [0.25, 0.3) is 5.91 Å². The average molecular weight is 280 g/mol. The zero-order chi connectivity index (χ0) is 14.4. The smallest absolute Gasteiger partial charge is 0.328 e. The van der Waals surface area contributed by atoms with Crippen LogP contribution in [0.2, 0.25) is 0 Å². The predicted molar refractivity (Wildman–Crippen MR) is 73.9 cm³/mol. The third kappa shape index (κ3) is 4.09. The van der Waals surface area contributed by atoms with Crippen LogP contribution in [0.3, 0.4) is 0 Å². The molecule has 6 heteroatoms. The zero-order valence-corrected chi connectivity index (χ0v) is 11.9. The first-order chi connectivity index (χ1) is 8.99. The number of rotatable bonds is 3. The fourth-order valence-corrected chi connectivity index (χ4v) is 2.30. The minimum Gasteiger partial charge on any atom is -0.467 e. The Labute approximate surface area is 116 Å². The molecular formula is C13H16N2O3S. The molecule has 0 aromatic carbocycles. The van der Waals surface area contributed by atoms with Gasteiger partial charge in [-0.1, -0.05) is 11.8 Å². The predicted octanol–water partition coefficient (Wildman–Crippen LogP) is 0.658. The van der Waals surface area contributed by atoms with Crippen LogP contribution in [-0.4, -0.2) is 31.6 Å². The van der Waals surface area contributed by atoms with Crippen molar-refractivity contribution in [3.8, 4) is 11.8 Å². The van der Waals surface area contributed by atoms with Gasteiger partial charge < -0.3 is 15.8 Å². The SMILES string of the molecule is COC(=O)C(C)NC(=O)c1cc(C)c(C#CCN)s1. The number of carbonyl (C=O) groups is 2. The Morgan fingerprint density at radius 2 is 2.26 bits per heavy atom. The summed E-state index contributed by atoms with van der Waals surface area (Å²) in [5.74, 6) is 4.86. The third-order valence-electron chi connectivity index (χ3n) is 2.35. The van der Waals surface area contributed by atoms with Crippen molar-refractivity contribution in [2.24, 2.45) is 5.73 Å². The van der Waals surface area contributed by atoms with Crippen molar-refractivity contribution in [3.63, 3.8) is 0 Å². The van der Waals surface area contributed by atoms with Gasteiger partial charge in [-0.3, -0.25) is 4.79 Å². The lowest BCUT2D eigenvalue weighted by Crippen LogP contribution is -2.38. The molecule has 1 aromatic heterocycles. The first-order valence-electron chi connectivity index (χ1n) is 5.67. The summed E-state index contributed by atoms with van der Waals surface area (Å²) in [6.45, 7) is 3.72. The molecule has 1 amide bonds. The van der Waals surface area contributed by atoms with Crippen molar-refractivity contribution in [2.75, 3.05) is 13.7 Å². The Morgan fingerprint density at radius 3 is 2.84 bits per heavy atom. The summed E-state index contributed by atoms with van der Waals surface area (Å²) in [5, 5.41) is 2.57. The van der Waals surface area contributed by atoms with Gasteiger partial charge in [-0.25, -0.2) is 4.79 Å². The van der Waals surface area contributed by atoms with Crippen LogP contribution in [0.25, 0.3) is 0 Å². The van der Waals surface area contributed by atoms with Gasteiger partial charge in [-0.15, -0.1) is 11.3 Å². The monoisotopic (exact) mass is 280 g/mol. The van der Waals surface area contributed by atoms with Crippen LogP contribution in [0.1, 0.15) is 27.0 Å². The summed E-state index contributed by atoms with van der Waals surface area (Å²) in [6.07, 6.45) is 0. The maximum absolute atomic E-state index is 11.9. The van der Waals surface area contributed by atoms with Gasteiger partial charge >= 0.3 is 5.97 Å². The standard InChI is InChI=1S/C13H16N2O3S/c1-8-7-11(19-10(8)5-4-6-14)12(16)15-9(2)13(17)18-3/h7,9H,6,14H2,1-3H3,(H,15,16). The van der Waals surface area contributed by atoms with Gasteiger partial charge in [0.2, 0.25) is 0 Å². The number of hydrogen-bond acceptors (Lipinski definition) is 5. The summed E-state index contributed by atoms with van der Waals surface area (Å²) in [4.78, 5) is 24.5. The average Bonchev–Trinajstić information content (AvgIpc) is 2.76. The number of aryl methyl sites for hydroxylation is 1. The van der Waals surface area contributed by atoms with E-state index in [1.54, 1.807) is 13.0 Å². The van der Waals surface area contributed by atoms with E-state index in [9.17, 15) is 9.59 Å². The maximum atomic E-state index is 11.9. The van der Waals surface area contributed by atoms with Crippen molar-refractivity contribution in [1.82, 2.24) is 5.32 Å². The third-order valence-corrected chi connectivity index (χ3v) is 3.50. The number of esters is 1. The lowest BCUT2D eigenvalue weighted by Gasteiger charge is -2.10. The zero-order valence-electron chi connectivity index (χ0n) is 11.1. The number of ether oxygens (including phenoxy) is 1. The van der Waals surface area contributed by atoms with Crippen LogP contribution in [0.4, 0.5) is 0 Å². The minimum atomic E-state index is -0.682. The van der Waals surface area contributed by atoms with E-state index in [4.69, 9.17) is 5.73 Å². The number of methoxy groups -OCH3 is 1. The fraction of sp³-hybridized carbons (Fsp3) is 0.385. The van der Waals surface area contributed by atoms with Crippen molar-refractivity contribution >= 4 is 23.2 Å². The number of hydrogen-bond donors (Lipinski definition) is 2. The summed E-state index contributed by atoms with van der Waals surface area (Å²) >= 11 is 1.28. The summed E-state index contributed by atoms with van der Waals surface area (Å²) in [7, 11) is 1.28. The molecule has 102 valence electrons. The molecular weight excluding hydrogens is 264 g/mol. The van der Waals surface area contributed by atoms with Gasteiger partial charge in [-0.2, -0.15) is 0 Å². The highest BCUT2D eigenvalue weighted by Crippen LogP contribution is 2.20. The second-order valence-corrected chi connectivity index (χ2v) is 4.90. The van der Waals surface area contributed by atoms with Crippen LogP contribution in [0, 0.1) is 18.8 Å². The van der Waals surface area contributed by atoms with Gasteiger partial charge in [0.05, 0.1) is 23.4 Å². The molecule has 0 fully saturated rings. The van der Waals surface area contributed by atoms with Crippen molar-refractivity contribution < 1.29 is 14.3 Å². The largest absolute Gasteiger partial charge is 0.467 e. The van der Waals surface area contributed by atoms with E-state index in [1.807, 2.05) is 6.92 Å². The first-order valence-corrected chi connectivity index (χ1v) is 6.49. The quantitative estimate of drug-likeness (QED) is 0.629. The molecule has 0 spiro atoms. The summed E-state index contributed by atoms with van der Waals surface area (Å²) in [6, 6.07) is 1.06. The van der Waals surface area contributed by atoms with Crippen molar-refractivity contribution in [1.29, 1.82) is 0 Å². The summed E-state index contributed by atoms with van der Waals surface area (Å²) < 4.78 is 4.54. The number of amides is 1. The highest BCUT2D eigenvalue weighted by Gasteiger charge is 2.18. The molecule has 0 aliphatic rings. The molecule has 1 rings (SSSR count). The van der Waals surface area contributed by atoms with E-state index in [2.05, 4.69) is 21.9 Å². The molecule has 0 saturated heterocycles. The lowest BCUT2D eigenvalue weighted by atomic mass is 10.2. The molecule has 0 bridgehead atoms. The highest BCUT2D eigenvalue weighted by atomic mass is 32.1. The Kier molecular flexibility index (Phi) is 5.55. The van der Waals surface area contributed by atoms with Crippen molar-refractivity contribution in [3.05, 3.63) is 21.4 Å². The molecule has 3 N–H and O–H groups in total. The van der Waals surface area contributed by atoms with Crippen LogP contribution >= 0.6 is 11.3 Å². The first kappa shape index (κ1) is 15.2. The molecule has 5 nitrogen and oxygen atoms in total. The molecule has 1 atom stereocenters. The van der Waals surface area contributed by atoms with Crippen LogP contribution in [0.5, 0.6) is 0 Å². The van der Waals surface area contributed by atoms with Gasteiger partial charge in [-0.05, 0) is 25.5 Å². The second-order valence-electron chi connectivity index (χ2n) is 3.85. The van der Waals surface area contributed by atoms with Gasteiger partial charge in [0.1, 0.15) is 6.04 Å². The number of thiophene rings is 1. The molecule has 0 radical (unpaired) electrons. The normalized spacial score (nSPS) is 11.2. The van der Waals surface area contributed by atoms with E-state index >= 15 is 0 Å². The Morgan fingerprint density at radius 1 is 1.58 bits per heavy atom. The maximum Gasteiger partial charge on any atom is 0.328 e. The second kappa shape index (κ2) is 6.92. The van der Waals surface area contributed by atoms with Crippen molar-refractivity contribution in [2.45, 2.75) is 19.9 Å². The van der Waals surface area contributed by atoms with E-state index < -0.39 is 12.0 Å². The molecule has 1 aromatic rings. The van der Waals surface area contributed by atoms with Gasteiger partial charge in [0.15, 0.2) is 0 Å². The molecule has 1 heterocycles. The van der Waals surface area contributed by atoms with E-state index in [0.29, 0.717) is 4.88 Å². The number of carbonyl (C=O) groups excluding carboxylic acids is 2. The molecule has 0 aliphatic carbocycles. The molecule has 19 heavy (non-hydrogen) atoms. The van der Waals surface area contributed by atoms with E-state index in [0.717, 1.165) is 10.4 Å². The Bertz CT molecular complexity index is 540. The van der Waals surface area contributed by atoms with Crippen LogP contribution < -0.4 is 11.1 Å². The lowest BCUT2D eigenvalue weighted by molar-refractivity contribution is -0.142. The van der Waals surface area contributed by atoms with Crippen LogP contribution in [0.15, 0.2) is 6.07 Å². The molecule has 0 saturated carbocycles. The van der Waals surface area contributed by atoms with E-state index in [-0.39, 0.29) is 12.5 Å². The molecule has 0 aliphatic heterocycles. The molecule has 1 unspecified atom stereocenters. The topological polar surface area (TPSA) is 81.4 Å². The van der Waals surface area contributed by atoms with E-state index in [1.165, 1.54) is 18.4 Å². The summed E-state index contributed by atoms with van der Waals surface area (Å²) in [5.41, 5.74) is 6.23.